The Morgan fingerprint density at radius 1 is 1.29 bits per heavy atom. The fraction of sp³-hybridized carbons (Fsp3) is 0.435. The number of methoxy groups -OCH3 is 1. The van der Waals surface area contributed by atoms with Gasteiger partial charge in [0.1, 0.15) is 17.8 Å². The van der Waals surface area contributed by atoms with Gasteiger partial charge in [-0.3, -0.25) is 0 Å². The van der Waals surface area contributed by atoms with E-state index in [4.69, 9.17) is 5.73 Å². The number of nitrogen functional groups attached to an aromatic ring is 1. The lowest BCUT2D eigenvalue weighted by Crippen LogP contribution is -2.43. The Balaban J connectivity index is 1.42. The molecule has 2 aliphatic rings. The van der Waals surface area contributed by atoms with Crippen LogP contribution in [0.1, 0.15) is 30.9 Å². The largest absolute Gasteiger partial charge is 0.453 e. The summed E-state index contributed by atoms with van der Waals surface area (Å²) in [4.78, 5) is 22.8. The number of carbonyl (C=O) groups excluding carboxylic acids is 1. The molecule has 5 rings (SSSR count). The van der Waals surface area contributed by atoms with E-state index in [-0.39, 0.29) is 0 Å². The van der Waals surface area contributed by atoms with Crippen molar-refractivity contribution in [3.63, 3.8) is 0 Å². The van der Waals surface area contributed by atoms with Crippen LogP contribution in [-0.2, 0) is 11.3 Å². The summed E-state index contributed by atoms with van der Waals surface area (Å²) in [6.45, 7) is 4.12. The van der Waals surface area contributed by atoms with Gasteiger partial charge in [0.25, 0.3) is 0 Å². The van der Waals surface area contributed by atoms with Crippen LogP contribution in [-0.4, -0.2) is 52.3 Å². The number of amides is 1. The topological polar surface area (TPSA) is 98.3 Å². The number of nitrogens with two attached hydrogens (primary N) is 1. The average Bonchev–Trinajstić information content (AvgIpc) is 3.10. The Morgan fingerprint density at radius 3 is 2.87 bits per heavy atom. The van der Waals surface area contributed by atoms with Crippen molar-refractivity contribution in [1.29, 1.82) is 0 Å². The molecule has 1 aliphatic carbocycles. The van der Waals surface area contributed by atoms with Crippen LogP contribution >= 0.6 is 0 Å². The Bertz CT molecular complexity index is 1100. The predicted octanol–water partition coefficient (Wildman–Crippen LogP) is 3.19. The van der Waals surface area contributed by atoms with Crippen LogP contribution in [0.25, 0.3) is 22.2 Å². The Labute approximate surface area is 181 Å². The number of ether oxygens (including phenoxy) is 1. The van der Waals surface area contributed by atoms with Crippen LogP contribution in [0.15, 0.2) is 36.8 Å². The van der Waals surface area contributed by atoms with Gasteiger partial charge in [0.05, 0.1) is 12.5 Å². The molecule has 3 aromatic rings. The van der Waals surface area contributed by atoms with Gasteiger partial charge in [-0.1, -0.05) is 18.2 Å². The second-order valence-corrected chi connectivity index (χ2v) is 8.60. The second-order valence-electron chi connectivity index (χ2n) is 8.60. The zero-order valence-electron chi connectivity index (χ0n) is 17.8. The number of carbonyl (C=O) groups is 1. The van der Waals surface area contributed by atoms with E-state index < -0.39 is 6.09 Å². The molecular formula is C23H28N6O2. The number of likely N-dealkylation sites (tertiary alicyclic amines) is 1. The van der Waals surface area contributed by atoms with E-state index in [0.717, 1.165) is 33.6 Å². The molecule has 0 atom stereocenters. The average molecular weight is 421 g/mol. The molecule has 2 fully saturated rings. The second kappa shape index (κ2) is 8.19. The highest BCUT2D eigenvalue weighted by atomic mass is 16.5. The third kappa shape index (κ3) is 3.83. The first kappa shape index (κ1) is 19.8. The molecule has 31 heavy (non-hydrogen) atoms. The van der Waals surface area contributed by atoms with E-state index >= 15 is 0 Å². The summed E-state index contributed by atoms with van der Waals surface area (Å²) in [7, 11) is 1.36. The number of aromatic nitrogens is 3. The normalized spacial score (nSPS) is 20.8. The molecule has 3 heterocycles. The van der Waals surface area contributed by atoms with Gasteiger partial charge in [0.2, 0.25) is 0 Å². The molecule has 162 valence electrons. The zero-order valence-corrected chi connectivity index (χ0v) is 17.8. The molecule has 0 radical (unpaired) electrons. The van der Waals surface area contributed by atoms with Gasteiger partial charge in [-0.25, -0.2) is 14.8 Å². The Morgan fingerprint density at radius 2 is 2.13 bits per heavy atom. The zero-order chi connectivity index (χ0) is 21.4. The summed E-state index contributed by atoms with van der Waals surface area (Å²) in [5.74, 6) is 1.26. The van der Waals surface area contributed by atoms with E-state index in [9.17, 15) is 4.79 Å². The van der Waals surface area contributed by atoms with Crippen molar-refractivity contribution >= 4 is 22.9 Å². The third-order valence-electron chi connectivity index (χ3n) is 6.57. The number of fused-ring (bicyclic) bond motifs is 1. The van der Waals surface area contributed by atoms with Crippen molar-refractivity contribution in [1.82, 2.24) is 24.8 Å². The summed E-state index contributed by atoms with van der Waals surface area (Å²) in [5.41, 5.74) is 10.2. The van der Waals surface area contributed by atoms with Gasteiger partial charge in [-0.05, 0) is 55.5 Å². The van der Waals surface area contributed by atoms with Crippen molar-refractivity contribution in [3.8, 4) is 11.1 Å². The van der Waals surface area contributed by atoms with E-state index in [1.54, 1.807) is 6.33 Å². The van der Waals surface area contributed by atoms with Crippen molar-refractivity contribution in [3.05, 3.63) is 42.4 Å². The lowest BCUT2D eigenvalue weighted by atomic mass is 9.79. The number of benzene rings is 1. The molecular weight excluding hydrogens is 392 g/mol. The first-order chi connectivity index (χ1) is 15.1. The molecule has 0 unspecified atom stereocenters. The number of nitrogens with one attached hydrogen (secondary N) is 1. The number of alkyl carbamates (subject to hydrolysis) is 1. The van der Waals surface area contributed by atoms with Crippen LogP contribution in [0.4, 0.5) is 10.6 Å². The van der Waals surface area contributed by atoms with Gasteiger partial charge < -0.3 is 25.3 Å². The maximum absolute atomic E-state index is 11.4. The number of rotatable bonds is 6. The molecule has 8 heteroatoms. The van der Waals surface area contributed by atoms with Gasteiger partial charge in [0.15, 0.2) is 0 Å². The standard InChI is InChI=1S/C23H28N6O2/c1-31-23(30)25-11-15-4-2-5-17(8-15)19-13-29(22-20(19)21(24)26-14-27-22)18-9-16(10-18)12-28-6-3-7-28/h2,4-5,8,13-14,16,18H,3,6-7,9-12H2,1H3,(H,25,30)(H2,24,26,27)/t16-,18+. The van der Waals surface area contributed by atoms with Crippen LogP contribution in [0, 0.1) is 5.92 Å². The Hall–Kier alpha value is -3.13. The molecule has 1 saturated carbocycles. The smallest absolute Gasteiger partial charge is 0.407 e. The fourth-order valence-electron chi connectivity index (χ4n) is 4.71. The number of hydrogen-bond acceptors (Lipinski definition) is 6. The van der Waals surface area contributed by atoms with E-state index in [0.29, 0.717) is 18.4 Å². The van der Waals surface area contributed by atoms with Crippen LogP contribution in [0.5, 0.6) is 0 Å². The minimum absolute atomic E-state index is 0.395. The highest BCUT2D eigenvalue weighted by Gasteiger charge is 2.34. The molecule has 2 aromatic heterocycles. The van der Waals surface area contributed by atoms with Crippen LogP contribution in [0.3, 0.4) is 0 Å². The highest BCUT2D eigenvalue weighted by molar-refractivity contribution is 6.00. The lowest BCUT2D eigenvalue weighted by molar-refractivity contribution is 0.0921. The third-order valence-corrected chi connectivity index (χ3v) is 6.57. The lowest BCUT2D eigenvalue weighted by Gasteiger charge is -2.42. The molecule has 1 aromatic carbocycles. The molecule has 1 aliphatic heterocycles. The quantitative estimate of drug-likeness (QED) is 0.636. The number of nitrogens with zero attached hydrogens (tertiary/aromatic N) is 4. The highest BCUT2D eigenvalue weighted by Crippen LogP contribution is 2.43. The van der Waals surface area contributed by atoms with Crippen molar-refractivity contribution < 1.29 is 9.53 Å². The summed E-state index contributed by atoms with van der Waals surface area (Å²) >= 11 is 0. The number of anilines is 1. The molecule has 0 spiro atoms. The SMILES string of the molecule is COC(=O)NCc1cccc(-c2cn([C@H]3C[C@@H](CN4CCC4)C3)c3ncnc(N)c23)c1. The monoisotopic (exact) mass is 420 g/mol. The van der Waals surface area contributed by atoms with Crippen molar-refractivity contribution in [2.24, 2.45) is 5.92 Å². The molecule has 8 nitrogen and oxygen atoms in total. The van der Waals surface area contributed by atoms with E-state index in [1.807, 2.05) is 12.1 Å². The maximum atomic E-state index is 11.4. The maximum Gasteiger partial charge on any atom is 0.407 e. The minimum Gasteiger partial charge on any atom is -0.453 e. The summed E-state index contributed by atoms with van der Waals surface area (Å²) < 4.78 is 6.95. The Kier molecular flexibility index (Phi) is 5.23. The van der Waals surface area contributed by atoms with Crippen LogP contribution in [0.2, 0.25) is 0 Å². The summed E-state index contributed by atoms with van der Waals surface area (Å²) in [6.07, 6.45) is 6.96. The van der Waals surface area contributed by atoms with Crippen molar-refractivity contribution in [2.45, 2.75) is 31.8 Å². The van der Waals surface area contributed by atoms with E-state index in [2.05, 4.69) is 47.8 Å². The molecule has 1 saturated heterocycles. The van der Waals surface area contributed by atoms with E-state index in [1.165, 1.54) is 46.0 Å². The van der Waals surface area contributed by atoms with Gasteiger partial charge in [0, 0.05) is 30.9 Å². The first-order valence-electron chi connectivity index (χ1n) is 10.9. The minimum atomic E-state index is -0.447. The first-order valence-corrected chi connectivity index (χ1v) is 10.9. The number of hydrogen-bond donors (Lipinski definition) is 2. The molecule has 1 amide bonds. The van der Waals surface area contributed by atoms with Crippen molar-refractivity contribution in [2.75, 3.05) is 32.5 Å². The molecule has 3 N–H and O–H groups in total. The summed E-state index contributed by atoms with van der Waals surface area (Å²) in [5, 5.41) is 3.62. The predicted molar refractivity (Wildman–Crippen MR) is 119 cm³/mol. The van der Waals surface area contributed by atoms with Gasteiger partial charge >= 0.3 is 6.09 Å². The van der Waals surface area contributed by atoms with Gasteiger partial charge in [-0.2, -0.15) is 0 Å². The summed E-state index contributed by atoms with van der Waals surface area (Å²) in [6, 6.07) is 8.53. The molecule has 0 bridgehead atoms. The fourth-order valence-corrected chi connectivity index (χ4v) is 4.71. The van der Waals surface area contributed by atoms with Crippen LogP contribution < -0.4 is 11.1 Å². The van der Waals surface area contributed by atoms with Gasteiger partial charge in [-0.15, -0.1) is 0 Å².